The summed E-state index contributed by atoms with van der Waals surface area (Å²) in [5, 5.41) is 14.0. The van der Waals surface area contributed by atoms with E-state index in [-0.39, 0.29) is 24.8 Å². The minimum Gasteiger partial charge on any atom is -0.486 e. The van der Waals surface area contributed by atoms with E-state index < -0.39 is 35.8 Å². The third kappa shape index (κ3) is 5.07. The Labute approximate surface area is 179 Å². The molecule has 1 saturated heterocycles. The highest BCUT2D eigenvalue weighted by molar-refractivity contribution is 6.01. The third-order valence-electron chi connectivity index (χ3n) is 5.31. The molecule has 2 aliphatic rings. The van der Waals surface area contributed by atoms with Crippen LogP contribution < -0.4 is 25.0 Å². The van der Waals surface area contributed by atoms with E-state index in [0.717, 1.165) is 0 Å². The number of carboxylic acids is 1. The molecule has 3 amide bonds. The fraction of sp³-hybridized carbons (Fsp3) is 0.524. The summed E-state index contributed by atoms with van der Waals surface area (Å²) in [5.41, 5.74) is 0.609. The van der Waals surface area contributed by atoms with Gasteiger partial charge >= 0.3 is 5.97 Å². The molecule has 0 saturated carbocycles. The minimum absolute atomic E-state index is 0.0121. The third-order valence-corrected chi connectivity index (χ3v) is 5.31. The Balaban J connectivity index is 1.66. The molecule has 1 aromatic rings. The predicted molar refractivity (Wildman–Crippen MR) is 110 cm³/mol. The predicted octanol–water partition coefficient (Wildman–Crippen LogP) is 0.541. The van der Waals surface area contributed by atoms with E-state index in [9.17, 15) is 19.2 Å². The zero-order valence-electron chi connectivity index (χ0n) is 17.7. The van der Waals surface area contributed by atoms with Crippen LogP contribution in [0.4, 0.5) is 5.69 Å². The van der Waals surface area contributed by atoms with Crippen molar-refractivity contribution in [2.75, 3.05) is 24.7 Å². The Hall–Kier alpha value is -3.30. The van der Waals surface area contributed by atoms with E-state index in [1.54, 1.807) is 32.0 Å². The van der Waals surface area contributed by atoms with Gasteiger partial charge in [-0.1, -0.05) is 13.8 Å². The maximum Gasteiger partial charge on any atom is 0.325 e. The summed E-state index contributed by atoms with van der Waals surface area (Å²) in [5.74, 6) is -2.12. The molecule has 1 aromatic carbocycles. The number of rotatable bonds is 7. The van der Waals surface area contributed by atoms with Gasteiger partial charge in [0, 0.05) is 24.7 Å². The average Bonchev–Trinajstić information content (AvgIpc) is 3.12. The second-order valence-corrected chi connectivity index (χ2v) is 8.03. The molecule has 2 heterocycles. The number of anilines is 1. The lowest BCUT2D eigenvalue weighted by Gasteiger charge is -2.24. The number of aliphatic carboxylic acids is 1. The molecular formula is C21H27N3O7. The first-order chi connectivity index (χ1) is 14.7. The van der Waals surface area contributed by atoms with E-state index in [2.05, 4.69) is 10.6 Å². The van der Waals surface area contributed by atoms with Crippen LogP contribution >= 0.6 is 0 Å². The number of hydrogen-bond acceptors (Lipinski definition) is 6. The highest BCUT2D eigenvalue weighted by atomic mass is 16.6. The van der Waals surface area contributed by atoms with Crippen LogP contribution in [0.3, 0.4) is 0 Å². The molecular weight excluding hydrogens is 406 g/mol. The van der Waals surface area contributed by atoms with Gasteiger partial charge in [-0.15, -0.1) is 0 Å². The number of carbonyl (C=O) groups is 4. The molecule has 1 fully saturated rings. The molecule has 0 radical (unpaired) electrons. The molecule has 10 nitrogen and oxygen atoms in total. The van der Waals surface area contributed by atoms with Crippen molar-refractivity contribution < 1.29 is 33.8 Å². The van der Waals surface area contributed by atoms with Gasteiger partial charge in [0.2, 0.25) is 17.7 Å². The average molecular weight is 433 g/mol. The van der Waals surface area contributed by atoms with Crippen LogP contribution in [0.15, 0.2) is 18.2 Å². The zero-order chi connectivity index (χ0) is 22.7. The lowest BCUT2D eigenvalue weighted by atomic mass is 10.0. The van der Waals surface area contributed by atoms with Gasteiger partial charge in [0.1, 0.15) is 25.3 Å². The largest absolute Gasteiger partial charge is 0.486 e. The lowest BCUT2D eigenvalue weighted by Crippen LogP contribution is -2.54. The zero-order valence-corrected chi connectivity index (χ0v) is 17.7. The molecule has 10 heteroatoms. The Bertz CT molecular complexity index is 886. The molecule has 0 aromatic heterocycles. The van der Waals surface area contributed by atoms with Crippen molar-refractivity contribution in [3.8, 4) is 11.5 Å². The van der Waals surface area contributed by atoms with Crippen molar-refractivity contribution in [3.63, 3.8) is 0 Å². The smallest absolute Gasteiger partial charge is 0.325 e. The fourth-order valence-electron chi connectivity index (χ4n) is 3.50. The Morgan fingerprint density at radius 1 is 1.10 bits per heavy atom. The van der Waals surface area contributed by atoms with Gasteiger partial charge in [-0.05, 0) is 25.0 Å². The van der Waals surface area contributed by atoms with Crippen molar-refractivity contribution in [1.29, 1.82) is 0 Å². The summed E-state index contributed by atoms with van der Waals surface area (Å²) >= 11 is 0. The molecule has 31 heavy (non-hydrogen) atoms. The van der Waals surface area contributed by atoms with Gasteiger partial charge < -0.3 is 30.1 Å². The first kappa shape index (κ1) is 22.4. The van der Waals surface area contributed by atoms with Gasteiger partial charge in [0.05, 0.1) is 5.92 Å². The quantitative estimate of drug-likeness (QED) is 0.571. The highest BCUT2D eigenvalue weighted by Crippen LogP contribution is 2.36. The van der Waals surface area contributed by atoms with Gasteiger partial charge in [-0.2, -0.15) is 0 Å². The normalized spacial score (nSPS) is 19.7. The van der Waals surface area contributed by atoms with Crippen LogP contribution in [0.1, 0.15) is 27.2 Å². The fourth-order valence-corrected chi connectivity index (χ4v) is 3.50. The van der Waals surface area contributed by atoms with E-state index in [4.69, 9.17) is 14.6 Å². The van der Waals surface area contributed by atoms with Crippen molar-refractivity contribution in [1.82, 2.24) is 10.6 Å². The number of ether oxygens (including phenoxy) is 2. The van der Waals surface area contributed by atoms with Gasteiger partial charge in [-0.3, -0.25) is 19.2 Å². The second-order valence-electron chi connectivity index (χ2n) is 8.03. The topological polar surface area (TPSA) is 134 Å². The second kappa shape index (κ2) is 9.23. The molecule has 0 unspecified atom stereocenters. The first-order valence-corrected chi connectivity index (χ1v) is 10.2. The number of benzene rings is 1. The number of hydrogen-bond donors (Lipinski definition) is 3. The van der Waals surface area contributed by atoms with Crippen LogP contribution in [-0.4, -0.2) is 60.6 Å². The summed E-state index contributed by atoms with van der Waals surface area (Å²) < 4.78 is 11.0. The first-order valence-electron chi connectivity index (χ1n) is 10.2. The molecule has 2 aliphatic heterocycles. The summed E-state index contributed by atoms with van der Waals surface area (Å²) in [6, 6.07) is 3.19. The summed E-state index contributed by atoms with van der Waals surface area (Å²) in [6.45, 7) is 5.90. The standard InChI is InChI=1S/C21H27N3O7/c1-11(2)18(20(27)22-12(3)21(28)29)23-19(26)13-8-17(25)24(10-13)14-4-5-15-16(9-14)31-7-6-30-15/h4-5,9,11-13,18H,6-8,10H2,1-3H3,(H,22,27)(H,23,26)(H,28,29)/t12-,13-,18-/m0/s1. The molecule has 0 aliphatic carbocycles. The van der Waals surface area contributed by atoms with Crippen molar-refractivity contribution in [3.05, 3.63) is 18.2 Å². The van der Waals surface area contributed by atoms with Crippen LogP contribution in [0.2, 0.25) is 0 Å². The van der Waals surface area contributed by atoms with Crippen molar-refractivity contribution >= 4 is 29.4 Å². The molecule has 168 valence electrons. The molecule has 0 spiro atoms. The van der Waals surface area contributed by atoms with Gasteiger partial charge in [-0.25, -0.2) is 0 Å². The van der Waals surface area contributed by atoms with E-state index >= 15 is 0 Å². The summed E-state index contributed by atoms with van der Waals surface area (Å²) in [4.78, 5) is 50.3. The maximum atomic E-state index is 12.8. The van der Waals surface area contributed by atoms with Crippen molar-refractivity contribution in [2.24, 2.45) is 11.8 Å². The van der Waals surface area contributed by atoms with Crippen LogP contribution in [0.5, 0.6) is 11.5 Å². The molecule has 0 bridgehead atoms. The Morgan fingerprint density at radius 3 is 2.42 bits per heavy atom. The van der Waals surface area contributed by atoms with E-state index in [1.807, 2.05) is 0 Å². The minimum atomic E-state index is -1.17. The number of carboxylic acid groups (broad SMARTS) is 1. The number of nitrogens with zero attached hydrogens (tertiary/aromatic N) is 1. The van der Waals surface area contributed by atoms with Gasteiger partial charge in [0.15, 0.2) is 11.5 Å². The number of amides is 3. The Kier molecular flexibility index (Phi) is 6.67. The van der Waals surface area contributed by atoms with Gasteiger partial charge in [0.25, 0.3) is 0 Å². The molecule has 3 N–H and O–H groups in total. The molecule has 3 atom stereocenters. The van der Waals surface area contributed by atoms with E-state index in [0.29, 0.717) is 30.4 Å². The molecule has 3 rings (SSSR count). The van der Waals surface area contributed by atoms with Crippen LogP contribution in [-0.2, 0) is 19.2 Å². The van der Waals surface area contributed by atoms with Crippen LogP contribution in [0.25, 0.3) is 0 Å². The highest BCUT2D eigenvalue weighted by Gasteiger charge is 2.37. The number of fused-ring (bicyclic) bond motifs is 1. The monoisotopic (exact) mass is 433 g/mol. The summed E-state index contributed by atoms with van der Waals surface area (Å²) in [7, 11) is 0. The number of nitrogens with one attached hydrogen (secondary N) is 2. The SMILES string of the molecule is CC(C)[C@H](NC(=O)[C@H]1CC(=O)N(c2ccc3c(c2)OCCO3)C1)C(=O)N[C@@H](C)C(=O)O. The van der Waals surface area contributed by atoms with Crippen LogP contribution in [0, 0.1) is 11.8 Å². The van der Waals surface area contributed by atoms with E-state index in [1.165, 1.54) is 11.8 Å². The Morgan fingerprint density at radius 2 is 1.77 bits per heavy atom. The van der Waals surface area contributed by atoms with Crippen molar-refractivity contribution in [2.45, 2.75) is 39.3 Å². The number of carbonyl (C=O) groups excluding carboxylic acids is 3. The lowest BCUT2D eigenvalue weighted by molar-refractivity contribution is -0.142. The maximum absolute atomic E-state index is 12.8. The summed E-state index contributed by atoms with van der Waals surface area (Å²) in [6.07, 6.45) is 0.0121.